The standard InChI is InChI=1S/C14H17NO3S2/c1-3-11-5-4-6-12(8-11)15-20(17,18)14-7-10(2)13(9-16)19-14/h4-8,15-16H,3,9H2,1-2H3. The summed E-state index contributed by atoms with van der Waals surface area (Å²) in [5.41, 5.74) is 2.42. The molecule has 6 heteroatoms. The first-order valence-electron chi connectivity index (χ1n) is 6.28. The van der Waals surface area contributed by atoms with Crippen molar-refractivity contribution in [1.29, 1.82) is 0 Å². The Kier molecular flexibility index (Phi) is 4.47. The smallest absolute Gasteiger partial charge is 0.271 e. The Hall–Kier alpha value is -1.37. The first-order valence-corrected chi connectivity index (χ1v) is 8.58. The van der Waals surface area contributed by atoms with E-state index in [0.29, 0.717) is 10.6 Å². The van der Waals surface area contributed by atoms with E-state index < -0.39 is 10.0 Å². The van der Waals surface area contributed by atoms with Crippen molar-refractivity contribution >= 4 is 27.0 Å². The number of aliphatic hydroxyl groups is 1. The topological polar surface area (TPSA) is 66.4 Å². The lowest BCUT2D eigenvalue weighted by atomic mass is 10.1. The third-order valence-electron chi connectivity index (χ3n) is 2.99. The predicted octanol–water partition coefficient (Wildman–Crippen LogP) is 2.91. The summed E-state index contributed by atoms with van der Waals surface area (Å²) in [6, 6.07) is 8.92. The van der Waals surface area contributed by atoms with E-state index in [1.807, 2.05) is 25.1 Å². The second kappa shape index (κ2) is 5.95. The molecule has 0 atom stereocenters. The van der Waals surface area contributed by atoms with E-state index in [0.717, 1.165) is 28.9 Å². The highest BCUT2D eigenvalue weighted by Crippen LogP contribution is 2.27. The van der Waals surface area contributed by atoms with Gasteiger partial charge in [-0.2, -0.15) is 0 Å². The lowest BCUT2D eigenvalue weighted by Crippen LogP contribution is -2.11. The molecule has 0 fully saturated rings. The minimum absolute atomic E-state index is 0.142. The van der Waals surface area contributed by atoms with Crippen LogP contribution in [0.25, 0.3) is 0 Å². The van der Waals surface area contributed by atoms with Crippen LogP contribution in [-0.4, -0.2) is 13.5 Å². The first kappa shape index (κ1) is 15.0. The van der Waals surface area contributed by atoms with Gasteiger partial charge in [-0.1, -0.05) is 19.1 Å². The summed E-state index contributed by atoms with van der Waals surface area (Å²) in [5, 5.41) is 9.15. The van der Waals surface area contributed by atoms with Crippen LogP contribution in [0.3, 0.4) is 0 Å². The first-order chi connectivity index (χ1) is 9.46. The van der Waals surface area contributed by atoms with Gasteiger partial charge >= 0.3 is 0 Å². The van der Waals surface area contributed by atoms with Crippen LogP contribution in [0.5, 0.6) is 0 Å². The zero-order valence-electron chi connectivity index (χ0n) is 11.4. The van der Waals surface area contributed by atoms with Crippen LogP contribution in [0.4, 0.5) is 5.69 Å². The molecule has 0 amide bonds. The molecule has 1 heterocycles. The monoisotopic (exact) mass is 311 g/mol. The van der Waals surface area contributed by atoms with Gasteiger partial charge in [-0.3, -0.25) is 4.72 Å². The molecule has 4 nitrogen and oxygen atoms in total. The van der Waals surface area contributed by atoms with Crippen LogP contribution >= 0.6 is 11.3 Å². The number of sulfonamides is 1. The Labute approximate surface area is 123 Å². The van der Waals surface area contributed by atoms with E-state index in [9.17, 15) is 8.42 Å². The number of nitrogens with one attached hydrogen (secondary N) is 1. The Morgan fingerprint density at radius 1 is 1.30 bits per heavy atom. The van der Waals surface area contributed by atoms with E-state index in [1.165, 1.54) is 0 Å². The quantitative estimate of drug-likeness (QED) is 0.892. The number of thiophene rings is 1. The van der Waals surface area contributed by atoms with Crippen molar-refractivity contribution in [2.24, 2.45) is 0 Å². The van der Waals surface area contributed by atoms with Gasteiger partial charge in [0.2, 0.25) is 0 Å². The number of anilines is 1. The van der Waals surface area contributed by atoms with Gasteiger partial charge in [-0.25, -0.2) is 8.42 Å². The minimum atomic E-state index is -3.59. The van der Waals surface area contributed by atoms with E-state index in [2.05, 4.69) is 4.72 Å². The fourth-order valence-corrected chi connectivity index (χ4v) is 4.34. The van der Waals surface area contributed by atoms with Crippen LogP contribution in [0, 0.1) is 6.92 Å². The largest absolute Gasteiger partial charge is 0.391 e. The van der Waals surface area contributed by atoms with Gasteiger partial charge in [0.15, 0.2) is 0 Å². The molecule has 0 spiro atoms. The van der Waals surface area contributed by atoms with Gasteiger partial charge in [0.05, 0.1) is 6.61 Å². The van der Waals surface area contributed by atoms with Crippen molar-refractivity contribution < 1.29 is 13.5 Å². The van der Waals surface area contributed by atoms with Gasteiger partial charge in [-0.15, -0.1) is 11.3 Å². The van der Waals surface area contributed by atoms with E-state index >= 15 is 0 Å². The third-order valence-corrected chi connectivity index (χ3v) is 6.07. The van der Waals surface area contributed by atoms with Crippen molar-refractivity contribution in [2.75, 3.05) is 4.72 Å². The van der Waals surface area contributed by atoms with Gasteiger partial charge in [0, 0.05) is 10.6 Å². The number of hydrogen-bond donors (Lipinski definition) is 2. The van der Waals surface area contributed by atoms with E-state index in [4.69, 9.17) is 5.11 Å². The predicted molar refractivity (Wildman–Crippen MR) is 81.6 cm³/mol. The molecule has 0 aliphatic heterocycles. The number of rotatable bonds is 5. The summed E-state index contributed by atoms with van der Waals surface area (Å²) in [4.78, 5) is 0.674. The minimum Gasteiger partial charge on any atom is -0.391 e. The summed E-state index contributed by atoms with van der Waals surface area (Å²) in [7, 11) is -3.59. The highest BCUT2D eigenvalue weighted by molar-refractivity contribution is 7.94. The van der Waals surface area contributed by atoms with E-state index in [1.54, 1.807) is 19.1 Å². The Morgan fingerprint density at radius 2 is 2.05 bits per heavy atom. The van der Waals surface area contributed by atoms with E-state index in [-0.39, 0.29) is 10.8 Å². The van der Waals surface area contributed by atoms with Crippen LogP contribution in [-0.2, 0) is 23.1 Å². The molecule has 2 aromatic rings. The fraction of sp³-hybridized carbons (Fsp3) is 0.286. The SMILES string of the molecule is CCc1cccc(NS(=O)(=O)c2cc(C)c(CO)s2)c1. The molecule has 20 heavy (non-hydrogen) atoms. The Bertz CT molecular complexity index is 705. The summed E-state index contributed by atoms with van der Waals surface area (Å²) >= 11 is 1.10. The average molecular weight is 311 g/mol. The van der Waals surface area contributed by atoms with Gasteiger partial charge in [0.1, 0.15) is 4.21 Å². The van der Waals surface area contributed by atoms with Gasteiger partial charge in [0.25, 0.3) is 10.0 Å². The molecule has 0 aliphatic carbocycles. The summed E-state index contributed by atoms with van der Waals surface area (Å²) in [6.07, 6.45) is 0.850. The van der Waals surface area contributed by atoms with Crippen molar-refractivity contribution in [3.05, 3.63) is 46.3 Å². The third kappa shape index (κ3) is 3.20. The molecule has 0 saturated heterocycles. The number of aryl methyl sites for hydroxylation is 2. The number of aliphatic hydroxyl groups excluding tert-OH is 1. The molecule has 0 unspecified atom stereocenters. The lowest BCUT2D eigenvalue weighted by Gasteiger charge is -2.07. The molecule has 108 valence electrons. The second-order valence-corrected chi connectivity index (χ2v) is 7.54. The maximum Gasteiger partial charge on any atom is 0.271 e. The van der Waals surface area contributed by atoms with Crippen LogP contribution in [0.1, 0.15) is 22.9 Å². The van der Waals surface area contributed by atoms with Crippen molar-refractivity contribution in [3.8, 4) is 0 Å². The fourth-order valence-electron chi connectivity index (χ4n) is 1.84. The highest BCUT2D eigenvalue weighted by Gasteiger charge is 2.18. The normalized spacial score (nSPS) is 11.6. The molecule has 2 N–H and O–H groups in total. The average Bonchev–Trinajstić information content (AvgIpc) is 2.80. The molecule has 0 bridgehead atoms. The summed E-state index contributed by atoms with van der Waals surface area (Å²) in [5.74, 6) is 0. The molecule has 0 aliphatic rings. The Morgan fingerprint density at radius 3 is 2.65 bits per heavy atom. The lowest BCUT2D eigenvalue weighted by molar-refractivity contribution is 0.285. The number of hydrogen-bond acceptors (Lipinski definition) is 4. The zero-order chi connectivity index (χ0) is 14.8. The van der Waals surface area contributed by atoms with Crippen LogP contribution in [0.15, 0.2) is 34.5 Å². The molecular formula is C14H17NO3S2. The molecule has 1 aromatic heterocycles. The van der Waals surface area contributed by atoms with Crippen molar-refractivity contribution in [3.63, 3.8) is 0 Å². The van der Waals surface area contributed by atoms with Gasteiger partial charge in [-0.05, 0) is 42.7 Å². The van der Waals surface area contributed by atoms with Crippen LogP contribution < -0.4 is 4.72 Å². The maximum atomic E-state index is 12.3. The molecule has 2 rings (SSSR count). The second-order valence-electron chi connectivity index (χ2n) is 4.49. The van der Waals surface area contributed by atoms with Crippen molar-refractivity contribution in [1.82, 2.24) is 0 Å². The van der Waals surface area contributed by atoms with Crippen molar-refractivity contribution in [2.45, 2.75) is 31.1 Å². The maximum absolute atomic E-state index is 12.3. The van der Waals surface area contributed by atoms with Crippen LogP contribution in [0.2, 0.25) is 0 Å². The van der Waals surface area contributed by atoms with Gasteiger partial charge < -0.3 is 5.11 Å². The Balaban J connectivity index is 2.30. The molecular weight excluding hydrogens is 294 g/mol. The molecule has 0 saturated carbocycles. The number of benzene rings is 1. The highest BCUT2D eigenvalue weighted by atomic mass is 32.2. The summed E-state index contributed by atoms with van der Waals surface area (Å²) in [6.45, 7) is 3.67. The zero-order valence-corrected chi connectivity index (χ0v) is 13.0. The molecule has 0 radical (unpaired) electrons. The molecule has 1 aromatic carbocycles. The summed E-state index contributed by atoms with van der Waals surface area (Å²) < 4.78 is 27.4.